The molecule has 1 saturated carbocycles. The molecule has 0 atom stereocenters. The molecule has 2 rings (SSSR count). The Morgan fingerprint density at radius 1 is 1.29 bits per heavy atom. The zero-order valence-corrected chi connectivity index (χ0v) is 13.9. The summed E-state index contributed by atoms with van der Waals surface area (Å²) in [5.41, 5.74) is 2.45. The summed E-state index contributed by atoms with van der Waals surface area (Å²) in [6.45, 7) is 8.98. The van der Waals surface area contributed by atoms with E-state index in [0.29, 0.717) is 6.04 Å². The maximum absolute atomic E-state index is 4.45. The molecule has 3 heteroatoms. The molecule has 1 N–H and O–H groups in total. The van der Waals surface area contributed by atoms with Crippen molar-refractivity contribution in [1.29, 1.82) is 0 Å². The van der Waals surface area contributed by atoms with Crippen molar-refractivity contribution in [3.63, 3.8) is 0 Å². The summed E-state index contributed by atoms with van der Waals surface area (Å²) in [6, 6.07) is 2.99. The molecule has 1 aliphatic rings. The zero-order valence-electron chi connectivity index (χ0n) is 13.9. The van der Waals surface area contributed by atoms with Crippen LogP contribution in [0.25, 0.3) is 0 Å². The molecule has 1 fully saturated rings. The van der Waals surface area contributed by atoms with Crippen LogP contribution in [0.1, 0.15) is 59.3 Å². The standard InChI is InChI=1S/C18H31N3/c1-4-10-20-16-12-18(14-19-13-16)21(11-9-15(2)3)17-7-5-6-8-17/h12-15,17,20H,4-11H2,1-3H3. The van der Waals surface area contributed by atoms with Gasteiger partial charge in [0, 0.05) is 19.1 Å². The molecule has 0 radical (unpaired) electrons. The van der Waals surface area contributed by atoms with E-state index in [0.717, 1.165) is 31.1 Å². The lowest BCUT2D eigenvalue weighted by atomic mass is 10.1. The van der Waals surface area contributed by atoms with Crippen LogP contribution in [0.5, 0.6) is 0 Å². The van der Waals surface area contributed by atoms with Gasteiger partial charge in [0.25, 0.3) is 0 Å². The first-order valence-electron chi connectivity index (χ1n) is 8.66. The fourth-order valence-corrected chi connectivity index (χ4v) is 3.09. The topological polar surface area (TPSA) is 28.2 Å². The highest BCUT2D eigenvalue weighted by molar-refractivity contribution is 5.56. The molecule has 0 spiro atoms. The van der Waals surface area contributed by atoms with E-state index in [9.17, 15) is 0 Å². The van der Waals surface area contributed by atoms with E-state index >= 15 is 0 Å². The Bertz CT molecular complexity index is 411. The van der Waals surface area contributed by atoms with Gasteiger partial charge in [0.15, 0.2) is 0 Å². The van der Waals surface area contributed by atoms with Crippen LogP contribution in [0, 0.1) is 5.92 Å². The van der Waals surface area contributed by atoms with Crippen LogP contribution >= 0.6 is 0 Å². The SMILES string of the molecule is CCCNc1cncc(N(CCC(C)C)C2CCCC2)c1. The van der Waals surface area contributed by atoms with Gasteiger partial charge in [0.1, 0.15) is 0 Å². The summed E-state index contributed by atoms with van der Waals surface area (Å²) in [6.07, 6.45) is 11.8. The third-order valence-electron chi connectivity index (χ3n) is 4.35. The Labute approximate surface area is 130 Å². The fourth-order valence-electron chi connectivity index (χ4n) is 3.09. The average molecular weight is 289 g/mol. The fraction of sp³-hybridized carbons (Fsp3) is 0.722. The summed E-state index contributed by atoms with van der Waals surface area (Å²) in [5, 5.41) is 3.46. The summed E-state index contributed by atoms with van der Waals surface area (Å²) >= 11 is 0. The molecular weight excluding hydrogens is 258 g/mol. The van der Waals surface area contributed by atoms with Gasteiger partial charge in [-0.25, -0.2) is 0 Å². The van der Waals surface area contributed by atoms with Crippen molar-refractivity contribution in [3.05, 3.63) is 18.5 Å². The Kier molecular flexibility index (Phi) is 6.34. The molecule has 1 aromatic heterocycles. The molecule has 1 aliphatic carbocycles. The normalized spacial score (nSPS) is 15.6. The number of rotatable bonds is 8. The average Bonchev–Trinajstić information content (AvgIpc) is 2.99. The minimum Gasteiger partial charge on any atom is -0.384 e. The molecular formula is C18H31N3. The smallest absolute Gasteiger partial charge is 0.0575 e. The van der Waals surface area contributed by atoms with Crippen LogP contribution in [0.3, 0.4) is 0 Å². The second kappa shape index (κ2) is 8.26. The van der Waals surface area contributed by atoms with E-state index in [1.165, 1.54) is 37.8 Å². The van der Waals surface area contributed by atoms with Gasteiger partial charge >= 0.3 is 0 Å². The zero-order chi connectivity index (χ0) is 15.1. The van der Waals surface area contributed by atoms with Crippen molar-refractivity contribution >= 4 is 11.4 Å². The highest BCUT2D eigenvalue weighted by atomic mass is 15.2. The molecule has 0 unspecified atom stereocenters. The molecule has 0 saturated heterocycles. The van der Waals surface area contributed by atoms with Crippen molar-refractivity contribution in [2.75, 3.05) is 23.3 Å². The molecule has 3 nitrogen and oxygen atoms in total. The molecule has 1 heterocycles. The van der Waals surface area contributed by atoms with Gasteiger partial charge in [0.2, 0.25) is 0 Å². The van der Waals surface area contributed by atoms with Crippen LogP contribution < -0.4 is 10.2 Å². The first kappa shape index (κ1) is 16.1. The molecule has 118 valence electrons. The maximum atomic E-state index is 4.45. The van der Waals surface area contributed by atoms with Gasteiger partial charge in [-0.1, -0.05) is 33.6 Å². The van der Waals surface area contributed by atoms with E-state index in [4.69, 9.17) is 0 Å². The Hall–Kier alpha value is -1.25. The molecule has 0 bridgehead atoms. The van der Waals surface area contributed by atoms with Crippen molar-refractivity contribution in [3.8, 4) is 0 Å². The molecule has 0 aliphatic heterocycles. The summed E-state index contributed by atoms with van der Waals surface area (Å²) in [5.74, 6) is 0.753. The van der Waals surface area contributed by atoms with Crippen molar-refractivity contribution in [2.24, 2.45) is 5.92 Å². The van der Waals surface area contributed by atoms with E-state index in [1.54, 1.807) is 0 Å². The van der Waals surface area contributed by atoms with Crippen LogP contribution in [-0.4, -0.2) is 24.1 Å². The highest BCUT2D eigenvalue weighted by Gasteiger charge is 2.23. The van der Waals surface area contributed by atoms with Crippen LogP contribution in [0.15, 0.2) is 18.5 Å². The summed E-state index contributed by atoms with van der Waals surface area (Å²) in [7, 11) is 0. The first-order chi connectivity index (χ1) is 10.2. The van der Waals surface area contributed by atoms with Gasteiger partial charge in [-0.3, -0.25) is 4.98 Å². The van der Waals surface area contributed by atoms with Gasteiger partial charge in [-0.2, -0.15) is 0 Å². The van der Waals surface area contributed by atoms with Crippen LogP contribution in [-0.2, 0) is 0 Å². The molecule has 0 amide bonds. The summed E-state index contributed by atoms with van der Waals surface area (Å²) < 4.78 is 0. The quantitative estimate of drug-likeness (QED) is 0.752. The second-order valence-electron chi connectivity index (χ2n) is 6.67. The lowest BCUT2D eigenvalue weighted by Crippen LogP contribution is -2.34. The van der Waals surface area contributed by atoms with E-state index in [1.807, 2.05) is 12.4 Å². The third kappa shape index (κ3) is 4.90. The van der Waals surface area contributed by atoms with E-state index < -0.39 is 0 Å². The van der Waals surface area contributed by atoms with Crippen molar-refractivity contribution in [1.82, 2.24) is 4.98 Å². The van der Waals surface area contributed by atoms with E-state index in [-0.39, 0.29) is 0 Å². The highest BCUT2D eigenvalue weighted by Crippen LogP contribution is 2.29. The van der Waals surface area contributed by atoms with Gasteiger partial charge < -0.3 is 10.2 Å². The monoisotopic (exact) mass is 289 g/mol. The number of anilines is 2. The lowest BCUT2D eigenvalue weighted by molar-refractivity contribution is 0.528. The predicted molar refractivity (Wildman–Crippen MR) is 92.1 cm³/mol. The molecule has 21 heavy (non-hydrogen) atoms. The maximum Gasteiger partial charge on any atom is 0.0575 e. The number of aromatic nitrogens is 1. The second-order valence-corrected chi connectivity index (χ2v) is 6.67. The molecule has 1 aromatic rings. The largest absolute Gasteiger partial charge is 0.384 e. The number of nitrogens with one attached hydrogen (secondary N) is 1. The number of hydrogen-bond donors (Lipinski definition) is 1. The number of nitrogens with zero attached hydrogens (tertiary/aromatic N) is 2. The van der Waals surface area contributed by atoms with Gasteiger partial charge in [-0.05, 0) is 37.7 Å². The summed E-state index contributed by atoms with van der Waals surface area (Å²) in [4.78, 5) is 7.06. The Morgan fingerprint density at radius 2 is 2.05 bits per heavy atom. The number of hydrogen-bond acceptors (Lipinski definition) is 3. The Balaban J connectivity index is 2.10. The van der Waals surface area contributed by atoms with Crippen LogP contribution in [0.4, 0.5) is 11.4 Å². The minimum atomic E-state index is 0.715. The predicted octanol–water partition coefficient (Wildman–Crippen LogP) is 4.70. The Morgan fingerprint density at radius 3 is 2.71 bits per heavy atom. The number of pyridine rings is 1. The lowest BCUT2D eigenvalue weighted by Gasteiger charge is -2.32. The molecule has 0 aromatic carbocycles. The van der Waals surface area contributed by atoms with E-state index in [2.05, 4.69) is 42.0 Å². The van der Waals surface area contributed by atoms with Crippen molar-refractivity contribution < 1.29 is 0 Å². The van der Waals surface area contributed by atoms with Crippen molar-refractivity contribution in [2.45, 2.75) is 65.3 Å². The van der Waals surface area contributed by atoms with Gasteiger partial charge in [-0.15, -0.1) is 0 Å². The third-order valence-corrected chi connectivity index (χ3v) is 4.35. The first-order valence-corrected chi connectivity index (χ1v) is 8.66. The van der Waals surface area contributed by atoms with Gasteiger partial charge in [0.05, 0.1) is 23.8 Å². The van der Waals surface area contributed by atoms with Crippen LogP contribution in [0.2, 0.25) is 0 Å². The minimum absolute atomic E-state index is 0.715.